The lowest BCUT2D eigenvalue weighted by atomic mass is 10.2. The summed E-state index contributed by atoms with van der Waals surface area (Å²) in [5, 5.41) is 4.20. The first-order chi connectivity index (χ1) is 8.24. The Morgan fingerprint density at radius 1 is 1.41 bits per heavy atom. The molecule has 0 unspecified atom stereocenters. The molecule has 1 fully saturated rings. The Labute approximate surface area is 107 Å². The van der Waals surface area contributed by atoms with E-state index < -0.39 is 0 Å². The second-order valence-electron chi connectivity index (χ2n) is 4.09. The van der Waals surface area contributed by atoms with Crippen LogP contribution in [0.25, 0.3) is 11.0 Å². The maximum absolute atomic E-state index is 11.9. The summed E-state index contributed by atoms with van der Waals surface area (Å²) in [6.07, 6.45) is 4.52. The number of pyridine rings is 1. The van der Waals surface area contributed by atoms with Crippen LogP contribution < -0.4 is 0 Å². The van der Waals surface area contributed by atoms with Crippen molar-refractivity contribution in [3.8, 4) is 0 Å². The van der Waals surface area contributed by atoms with Crippen molar-refractivity contribution >= 4 is 32.9 Å². The molecule has 1 saturated heterocycles. The molecule has 0 bridgehead atoms. The summed E-state index contributed by atoms with van der Waals surface area (Å²) in [7, 11) is 0. The Morgan fingerprint density at radius 3 is 2.94 bits per heavy atom. The van der Waals surface area contributed by atoms with Crippen LogP contribution in [0.3, 0.4) is 0 Å². The summed E-state index contributed by atoms with van der Waals surface area (Å²) in [5.41, 5.74) is 1.69. The predicted molar refractivity (Wildman–Crippen MR) is 66.4 cm³/mol. The van der Waals surface area contributed by atoms with Gasteiger partial charge in [-0.25, -0.2) is 0 Å². The molecule has 0 saturated carbocycles. The third-order valence-corrected chi connectivity index (χ3v) is 3.39. The second-order valence-corrected chi connectivity index (χ2v) is 5.01. The summed E-state index contributed by atoms with van der Waals surface area (Å²) >= 11 is 3.37. The molecule has 6 heteroatoms. The average Bonchev–Trinajstić information content (AvgIpc) is 2.58. The SMILES string of the molecule is O=C(Cn1ncc2ncc(Br)cc21)N1CCC1. The highest BCUT2D eigenvalue weighted by molar-refractivity contribution is 9.10. The van der Waals surface area contributed by atoms with Crippen LogP contribution in [0, 0.1) is 0 Å². The van der Waals surface area contributed by atoms with Gasteiger partial charge in [0.15, 0.2) is 0 Å². The molecular weight excluding hydrogens is 284 g/mol. The summed E-state index contributed by atoms with van der Waals surface area (Å²) < 4.78 is 2.59. The van der Waals surface area contributed by atoms with E-state index in [9.17, 15) is 4.79 Å². The average molecular weight is 295 g/mol. The van der Waals surface area contributed by atoms with Gasteiger partial charge in [-0.2, -0.15) is 5.10 Å². The van der Waals surface area contributed by atoms with Gasteiger partial charge in [-0.1, -0.05) is 0 Å². The Hall–Kier alpha value is -1.43. The van der Waals surface area contributed by atoms with Crippen LogP contribution in [-0.2, 0) is 11.3 Å². The molecule has 17 heavy (non-hydrogen) atoms. The van der Waals surface area contributed by atoms with E-state index in [2.05, 4.69) is 26.0 Å². The second kappa shape index (κ2) is 4.10. The Bertz CT molecular complexity index is 576. The van der Waals surface area contributed by atoms with Crippen LogP contribution in [0.15, 0.2) is 22.9 Å². The zero-order chi connectivity index (χ0) is 11.8. The van der Waals surface area contributed by atoms with Crippen LogP contribution in [0.4, 0.5) is 0 Å². The predicted octanol–water partition coefficient (Wildman–Crippen LogP) is 1.43. The van der Waals surface area contributed by atoms with E-state index >= 15 is 0 Å². The quantitative estimate of drug-likeness (QED) is 0.842. The molecule has 3 heterocycles. The van der Waals surface area contributed by atoms with E-state index in [4.69, 9.17) is 0 Å². The number of carbonyl (C=O) groups is 1. The van der Waals surface area contributed by atoms with Crippen molar-refractivity contribution in [2.75, 3.05) is 13.1 Å². The van der Waals surface area contributed by atoms with Gasteiger partial charge < -0.3 is 4.90 Å². The van der Waals surface area contributed by atoms with Crippen LogP contribution in [0.2, 0.25) is 0 Å². The largest absolute Gasteiger partial charge is 0.341 e. The molecule has 1 aliphatic heterocycles. The number of rotatable bonds is 2. The number of hydrogen-bond acceptors (Lipinski definition) is 3. The van der Waals surface area contributed by atoms with Crippen molar-refractivity contribution in [3.63, 3.8) is 0 Å². The normalized spacial score (nSPS) is 15.0. The molecular formula is C11H11BrN4O. The van der Waals surface area contributed by atoms with Crippen LogP contribution in [0.1, 0.15) is 6.42 Å². The number of halogens is 1. The molecule has 0 radical (unpaired) electrons. The third kappa shape index (κ3) is 1.93. The van der Waals surface area contributed by atoms with E-state index in [0.29, 0.717) is 6.54 Å². The fourth-order valence-electron chi connectivity index (χ4n) is 1.85. The van der Waals surface area contributed by atoms with Crippen molar-refractivity contribution in [2.45, 2.75) is 13.0 Å². The van der Waals surface area contributed by atoms with E-state index in [1.165, 1.54) is 0 Å². The zero-order valence-electron chi connectivity index (χ0n) is 9.14. The molecule has 0 aliphatic carbocycles. The highest BCUT2D eigenvalue weighted by Crippen LogP contribution is 2.17. The van der Waals surface area contributed by atoms with Gasteiger partial charge in [-0.3, -0.25) is 14.5 Å². The van der Waals surface area contributed by atoms with Crippen molar-refractivity contribution < 1.29 is 4.79 Å². The van der Waals surface area contributed by atoms with Gasteiger partial charge >= 0.3 is 0 Å². The number of likely N-dealkylation sites (tertiary alicyclic amines) is 1. The minimum absolute atomic E-state index is 0.126. The molecule has 1 aliphatic rings. The fourth-order valence-corrected chi connectivity index (χ4v) is 2.17. The van der Waals surface area contributed by atoms with Gasteiger partial charge in [-0.05, 0) is 28.4 Å². The summed E-state index contributed by atoms with van der Waals surface area (Å²) in [4.78, 5) is 17.9. The molecule has 2 aromatic heterocycles. The lowest BCUT2D eigenvalue weighted by Crippen LogP contribution is -2.43. The molecule has 88 valence electrons. The van der Waals surface area contributed by atoms with Crippen molar-refractivity contribution in [1.82, 2.24) is 19.7 Å². The van der Waals surface area contributed by atoms with E-state index in [0.717, 1.165) is 35.0 Å². The van der Waals surface area contributed by atoms with Gasteiger partial charge in [0.1, 0.15) is 12.1 Å². The van der Waals surface area contributed by atoms with Gasteiger partial charge in [0.25, 0.3) is 0 Å². The molecule has 0 atom stereocenters. The van der Waals surface area contributed by atoms with Gasteiger partial charge in [-0.15, -0.1) is 0 Å². The zero-order valence-corrected chi connectivity index (χ0v) is 10.7. The lowest BCUT2D eigenvalue weighted by molar-refractivity contribution is -0.135. The monoisotopic (exact) mass is 294 g/mol. The molecule has 0 N–H and O–H groups in total. The van der Waals surface area contributed by atoms with Crippen molar-refractivity contribution in [2.24, 2.45) is 0 Å². The molecule has 5 nitrogen and oxygen atoms in total. The molecule has 2 aromatic rings. The smallest absolute Gasteiger partial charge is 0.244 e. The highest BCUT2D eigenvalue weighted by Gasteiger charge is 2.21. The van der Waals surface area contributed by atoms with Crippen molar-refractivity contribution in [1.29, 1.82) is 0 Å². The van der Waals surface area contributed by atoms with Crippen LogP contribution in [0.5, 0.6) is 0 Å². The van der Waals surface area contributed by atoms with Crippen molar-refractivity contribution in [3.05, 3.63) is 22.9 Å². The van der Waals surface area contributed by atoms with Gasteiger partial charge in [0.2, 0.25) is 5.91 Å². The number of fused-ring (bicyclic) bond motifs is 1. The summed E-state index contributed by atoms with van der Waals surface area (Å²) in [6, 6.07) is 1.93. The van der Waals surface area contributed by atoms with E-state index in [-0.39, 0.29) is 5.91 Å². The first-order valence-corrected chi connectivity index (χ1v) is 6.28. The number of hydrogen-bond donors (Lipinski definition) is 0. The van der Waals surface area contributed by atoms with E-state index in [1.54, 1.807) is 17.1 Å². The Balaban J connectivity index is 1.89. The number of aromatic nitrogens is 3. The van der Waals surface area contributed by atoms with Crippen LogP contribution in [-0.4, -0.2) is 38.7 Å². The highest BCUT2D eigenvalue weighted by atomic mass is 79.9. The summed E-state index contributed by atoms with van der Waals surface area (Å²) in [6.45, 7) is 2.04. The molecule has 0 aromatic carbocycles. The Morgan fingerprint density at radius 2 is 2.24 bits per heavy atom. The number of carbonyl (C=O) groups excluding carboxylic acids is 1. The Kier molecular flexibility index (Phi) is 2.58. The third-order valence-electron chi connectivity index (χ3n) is 2.96. The standard InChI is InChI=1S/C11H11BrN4O/c12-8-4-10-9(13-5-8)6-14-16(10)7-11(17)15-2-1-3-15/h4-6H,1-3,7H2. The summed E-state index contributed by atoms with van der Waals surface area (Å²) in [5.74, 6) is 0.126. The fraction of sp³-hybridized carbons (Fsp3) is 0.364. The minimum atomic E-state index is 0.126. The molecule has 3 rings (SSSR count). The topological polar surface area (TPSA) is 51.0 Å². The molecule has 0 spiro atoms. The first kappa shape index (κ1) is 10.7. The lowest BCUT2D eigenvalue weighted by Gasteiger charge is -2.30. The maximum atomic E-state index is 11.9. The number of nitrogens with zero attached hydrogens (tertiary/aromatic N) is 4. The molecule has 1 amide bonds. The first-order valence-electron chi connectivity index (χ1n) is 5.49. The number of amides is 1. The van der Waals surface area contributed by atoms with Crippen LogP contribution >= 0.6 is 15.9 Å². The minimum Gasteiger partial charge on any atom is -0.341 e. The van der Waals surface area contributed by atoms with Gasteiger partial charge in [0.05, 0.1) is 11.7 Å². The maximum Gasteiger partial charge on any atom is 0.244 e. The van der Waals surface area contributed by atoms with E-state index in [1.807, 2.05) is 11.0 Å². The van der Waals surface area contributed by atoms with Gasteiger partial charge in [0, 0.05) is 23.8 Å².